The van der Waals surface area contributed by atoms with Crippen LogP contribution < -0.4 is 4.74 Å². The second-order valence-electron chi connectivity index (χ2n) is 4.05. The highest BCUT2D eigenvalue weighted by Crippen LogP contribution is 2.46. The molecule has 0 atom stereocenters. The Morgan fingerprint density at radius 2 is 2.13 bits per heavy atom. The van der Waals surface area contributed by atoms with E-state index in [1.807, 2.05) is 0 Å². The maximum absolute atomic E-state index is 13.0. The van der Waals surface area contributed by atoms with Gasteiger partial charge < -0.3 is 4.74 Å². The minimum atomic E-state index is -0.282. The highest BCUT2D eigenvalue weighted by molar-refractivity contribution is 9.10. The van der Waals surface area contributed by atoms with Crippen molar-refractivity contribution in [1.82, 2.24) is 0 Å². The van der Waals surface area contributed by atoms with E-state index >= 15 is 0 Å². The van der Waals surface area contributed by atoms with Gasteiger partial charge in [0.05, 0.1) is 6.61 Å². The summed E-state index contributed by atoms with van der Waals surface area (Å²) in [5.41, 5.74) is 0.238. The van der Waals surface area contributed by atoms with Crippen molar-refractivity contribution in [1.29, 1.82) is 0 Å². The molecule has 1 nitrogen and oxygen atoms in total. The van der Waals surface area contributed by atoms with E-state index in [0.29, 0.717) is 16.8 Å². The number of benzene rings is 1. The number of hydrogen-bond donors (Lipinski definition) is 1. The fourth-order valence-corrected chi connectivity index (χ4v) is 2.22. The molecule has 1 aliphatic rings. The zero-order valence-corrected chi connectivity index (χ0v) is 10.7. The summed E-state index contributed by atoms with van der Waals surface area (Å²) in [6.07, 6.45) is 2.32. The first-order valence-corrected chi connectivity index (χ1v) is 6.26. The highest BCUT2D eigenvalue weighted by atomic mass is 79.9. The van der Waals surface area contributed by atoms with Gasteiger partial charge in [-0.15, -0.1) is 0 Å². The van der Waals surface area contributed by atoms with E-state index in [4.69, 9.17) is 4.74 Å². The Kier molecular flexibility index (Phi) is 3.26. The van der Waals surface area contributed by atoms with Gasteiger partial charge in [0.15, 0.2) is 0 Å². The highest BCUT2D eigenvalue weighted by Gasteiger charge is 2.42. The van der Waals surface area contributed by atoms with Crippen molar-refractivity contribution >= 4 is 28.6 Å². The average Bonchev–Trinajstić information content (AvgIpc) is 2.94. The van der Waals surface area contributed by atoms with E-state index in [0.717, 1.165) is 18.6 Å². The van der Waals surface area contributed by atoms with Crippen molar-refractivity contribution in [3.63, 3.8) is 0 Å². The summed E-state index contributed by atoms with van der Waals surface area (Å²) in [6.45, 7) is 0.631. The van der Waals surface area contributed by atoms with Gasteiger partial charge in [0.2, 0.25) is 0 Å². The molecule has 4 heteroatoms. The van der Waals surface area contributed by atoms with Crippen LogP contribution in [0.2, 0.25) is 0 Å². The van der Waals surface area contributed by atoms with Gasteiger partial charge in [0.1, 0.15) is 11.6 Å². The Bertz CT molecular complexity index is 345. The van der Waals surface area contributed by atoms with Gasteiger partial charge in [-0.05, 0) is 30.7 Å². The molecular weight excluding hydrogens is 279 g/mol. The second-order valence-corrected chi connectivity index (χ2v) is 5.28. The van der Waals surface area contributed by atoms with E-state index in [9.17, 15) is 4.39 Å². The van der Waals surface area contributed by atoms with Crippen LogP contribution in [0.5, 0.6) is 5.75 Å². The van der Waals surface area contributed by atoms with Crippen molar-refractivity contribution in [3.05, 3.63) is 28.5 Å². The molecule has 1 aromatic carbocycles. The van der Waals surface area contributed by atoms with Crippen LogP contribution in [0, 0.1) is 11.2 Å². The molecule has 0 spiro atoms. The molecule has 0 unspecified atom stereocenters. The lowest BCUT2D eigenvalue weighted by atomic mass is 10.2. The second kappa shape index (κ2) is 4.34. The van der Waals surface area contributed by atoms with Crippen molar-refractivity contribution in [3.8, 4) is 5.75 Å². The topological polar surface area (TPSA) is 9.23 Å². The van der Waals surface area contributed by atoms with Gasteiger partial charge in [0.25, 0.3) is 0 Å². The van der Waals surface area contributed by atoms with E-state index in [-0.39, 0.29) is 11.2 Å². The first-order chi connectivity index (χ1) is 7.13. The molecule has 0 aliphatic heterocycles. The number of halogens is 2. The number of ether oxygens (including phenoxy) is 1. The summed E-state index contributed by atoms with van der Waals surface area (Å²) < 4.78 is 19.3. The molecule has 0 amide bonds. The summed E-state index contributed by atoms with van der Waals surface area (Å²) >= 11 is 7.52. The third-order valence-electron chi connectivity index (χ3n) is 2.67. The largest absolute Gasteiger partial charge is 0.493 e. The molecule has 1 fully saturated rings. The van der Waals surface area contributed by atoms with Crippen molar-refractivity contribution in [2.75, 3.05) is 12.4 Å². The SMILES string of the molecule is Fc1cc(Br)cc(OCC2(CS)CC2)c1. The van der Waals surface area contributed by atoms with Crippen LogP contribution in [0.25, 0.3) is 0 Å². The van der Waals surface area contributed by atoms with E-state index in [1.54, 1.807) is 6.07 Å². The molecule has 0 bridgehead atoms. The van der Waals surface area contributed by atoms with Crippen LogP contribution in [-0.2, 0) is 0 Å². The Morgan fingerprint density at radius 1 is 1.40 bits per heavy atom. The molecule has 0 saturated heterocycles. The Labute approximate surface area is 103 Å². The molecule has 0 N–H and O–H groups in total. The maximum atomic E-state index is 13.0. The zero-order valence-electron chi connectivity index (χ0n) is 8.17. The summed E-state index contributed by atoms with van der Waals surface area (Å²) in [4.78, 5) is 0. The summed E-state index contributed by atoms with van der Waals surface area (Å²) in [5, 5.41) is 0. The molecule has 0 radical (unpaired) electrons. The molecular formula is C11H12BrFOS. The quantitative estimate of drug-likeness (QED) is 0.833. The van der Waals surface area contributed by atoms with Crippen molar-refractivity contribution in [2.45, 2.75) is 12.8 Å². The predicted octanol–water partition coefficient (Wildman–Crippen LogP) is 3.68. The van der Waals surface area contributed by atoms with E-state index in [2.05, 4.69) is 28.6 Å². The normalized spacial score (nSPS) is 17.5. The lowest BCUT2D eigenvalue weighted by Gasteiger charge is -2.13. The third kappa shape index (κ3) is 2.88. The summed E-state index contributed by atoms with van der Waals surface area (Å²) in [5.74, 6) is 1.13. The lowest BCUT2D eigenvalue weighted by Crippen LogP contribution is -2.14. The Balaban J connectivity index is 1.99. The van der Waals surface area contributed by atoms with Crippen LogP contribution in [0.15, 0.2) is 22.7 Å². The molecule has 1 saturated carbocycles. The molecule has 15 heavy (non-hydrogen) atoms. The zero-order chi connectivity index (χ0) is 10.9. The first-order valence-electron chi connectivity index (χ1n) is 4.83. The van der Waals surface area contributed by atoms with Gasteiger partial charge in [-0.3, -0.25) is 0 Å². The summed E-state index contributed by atoms with van der Waals surface area (Å²) in [7, 11) is 0. The monoisotopic (exact) mass is 290 g/mol. The molecule has 82 valence electrons. The Hall–Kier alpha value is -0.220. The van der Waals surface area contributed by atoms with Crippen LogP contribution in [0.3, 0.4) is 0 Å². The van der Waals surface area contributed by atoms with Crippen LogP contribution >= 0.6 is 28.6 Å². The third-order valence-corrected chi connectivity index (χ3v) is 3.80. The van der Waals surface area contributed by atoms with Crippen LogP contribution in [0.4, 0.5) is 4.39 Å². The number of thiol groups is 1. The minimum Gasteiger partial charge on any atom is -0.493 e. The van der Waals surface area contributed by atoms with Gasteiger partial charge >= 0.3 is 0 Å². The Morgan fingerprint density at radius 3 is 2.67 bits per heavy atom. The fraction of sp³-hybridized carbons (Fsp3) is 0.455. The van der Waals surface area contributed by atoms with E-state index in [1.165, 1.54) is 12.1 Å². The van der Waals surface area contributed by atoms with Gasteiger partial charge in [-0.25, -0.2) is 4.39 Å². The van der Waals surface area contributed by atoms with Crippen LogP contribution in [0.1, 0.15) is 12.8 Å². The van der Waals surface area contributed by atoms with Crippen molar-refractivity contribution in [2.24, 2.45) is 5.41 Å². The smallest absolute Gasteiger partial charge is 0.128 e. The van der Waals surface area contributed by atoms with Gasteiger partial charge in [-0.2, -0.15) is 12.6 Å². The van der Waals surface area contributed by atoms with Crippen molar-refractivity contribution < 1.29 is 9.13 Å². The van der Waals surface area contributed by atoms with Gasteiger partial charge in [-0.1, -0.05) is 15.9 Å². The average molecular weight is 291 g/mol. The number of rotatable bonds is 4. The fourth-order valence-electron chi connectivity index (χ4n) is 1.37. The first kappa shape index (κ1) is 11.3. The molecule has 2 rings (SSSR count). The molecule has 0 aromatic heterocycles. The van der Waals surface area contributed by atoms with Crippen LogP contribution in [-0.4, -0.2) is 12.4 Å². The molecule has 1 aliphatic carbocycles. The molecule has 1 aromatic rings. The maximum Gasteiger partial charge on any atom is 0.128 e. The molecule has 0 heterocycles. The minimum absolute atomic E-state index is 0.238. The standard InChI is InChI=1S/C11H12BrFOS/c12-8-3-9(13)5-10(4-8)14-6-11(7-15)1-2-11/h3-5,15H,1-2,6-7H2. The number of hydrogen-bond acceptors (Lipinski definition) is 2. The van der Waals surface area contributed by atoms with E-state index < -0.39 is 0 Å². The summed E-state index contributed by atoms with van der Waals surface area (Å²) in [6, 6.07) is 4.59. The van der Waals surface area contributed by atoms with Gasteiger partial charge in [0, 0.05) is 16.0 Å². The lowest BCUT2D eigenvalue weighted by molar-refractivity contribution is 0.249. The predicted molar refractivity (Wildman–Crippen MR) is 65.1 cm³/mol.